The molecule has 2 aromatic carbocycles. The molecule has 0 aliphatic heterocycles. The first-order valence-corrected chi connectivity index (χ1v) is 10.3. The topological polar surface area (TPSA) is 118 Å². The van der Waals surface area contributed by atoms with Crippen LogP contribution in [-0.2, 0) is 14.8 Å². The number of nitrogens with one attached hydrogen (secondary N) is 3. The summed E-state index contributed by atoms with van der Waals surface area (Å²) in [5, 5.41) is 5.12. The summed E-state index contributed by atoms with van der Waals surface area (Å²) < 4.78 is 44.9. The molecular formula is C20H18FN3O5S. The number of furan rings is 1. The van der Waals surface area contributed by atoms with Crippen LogP contribution >= 0.6 is 0 Å². The first-order chi connectivity index (χ1) is 14.2. The van der Waals surface area contributed by atoms with E-state index in [1.54, 1.807) is 6.07 Å². The highest BCUT2D eigenvalue weighted by atomic mass is 32.2. The van der Waals surface area contributed by atoms with Crippen molar-refractivity contribution < 1.29 is 26.8 Å². The molecule has 0 saturated carbocycles. The maximum absolute atomic E-state index is 13.0. The van der Waals surface area contributed by atoms with Crippen molar-refractivity contribution in [2.24, 2.45) is 0 Å². The van der Waals surface area contributed by atoms with Gasteiger partial charge in [0.1, 0.15) is 11.9 Å². The summed E-state index contributed by atoms with van der Waals surface area (Å²) in [4.78, 5) is 24.1. The number of halogens is 1. The van der Waals surface area contributed by atoms with Crippen LogP contribution in [0.15, 0.2) is 76.2 Å². The summed E-state index contributed by atoms with van der Waals surface area (Å²) in [5.41, 5.74) is 0.667. The van der Waals surface area contributed by atoms with E-state index in [4.69, 9.17) is 4.42 Å². The molecule has 30 heavy (non-hydrogen) atoms. The van der Waals surface area contributed by atoms with Gasteiger partial charge in [-0.25, -0.2) is 12.8 Å². The lowest BCUT2D eigenvalue weighted by atomic mass is 10.2. The lowest BCUT2D eigenvalue weighted by Gasteiger charge is -2.14. The average Bonchev–Trinajstić information content (AvgIpc) is 3.24. The van der Waals surface area contributed by atoms with Gasteiger partial charge in [0.15, 0.2) is 5.76 Å². The average molecular weight is 431 g/mol. The number of hydrogen-bond acceptors (Lipinski definition) is 5. The quantitative estimate of drug-likeness (QED) is 0.532. The van der Waals surface area contributed by atoms with Crippen LogP contribution in [0.1, 0.15) is 17.5 Å². The molecule has 2 amide bonds. The molecule has 8 nitrogen and oxygen atoms in total. The highest BCUT2D eigenvalue weighted by molar-refractivity contribution is 7.92. The Labute approximate surface area is 172 Å². The Morgan fingerprint density at radius 2 is 1.60 bits per heavy atom. The Hall–Kier alpha value is -3.66. The number of benzene rings is 2. The van der Waals surface area contributed by atoms with Gasteiger partial charge < -0.3 is 15.1 Å². The van der Waals surface area contributed by atoms with Gasteiger partial charge in [-0.15, -0.1) is 0 Å². The van der Waals surface area contributed by atoms with Gasteiger partial charge in [-0.2, -0.15) is 0 Å². The van der Waals surface area contributed by atoms with E-state index in [0.29, 0.717) is 5.69 Å². The second kappa shape index (κ2) is 8.78. The summed E-state index contributed by atoms with van der Waals surface area (Å²) in [7, 11) is -3.87. The lowest BCUT2D eigenvalue weighted by molar-refractivity contribution is -0.117. The van der Waals surface area contributed by atoms with Gasteiger partial charge in [0.2, 0.25) is 5.91 Å². The SMILES string of the molecule is C[C@H](NC(=O)c1ccco1)C(=O)Nc1ccc(NS(=O)(=O)c2ccc(F)cc2)cc1. The van der Waals surface area contributed by atoms with Crippen LogP contribution in [0.2, 0.25) is 0 Å². The van der Waals surface area contributed by atoms with Crippen LogP contribution in [0.25, 0.3) is 0 Å². The molecule has 0 aliphatic rings. The molecule has 0 bridgehead atoms. The lowest BCUT2D eigenvalue weighted by Crippen LogP contribution is -2.41. The summed E-state index contributed by atoms with van der Waals surface area (Å²) in [6, 6.07) is 12.6. The van der Waals surface area contributed by atoms with E-state index in [9.17, 15) is 22.4 Å². The molecule has 1 atom stereocenters. The minimum Gasteiger partial charge on any atom is -0.459 e. The van der Waals surface area contributed by atoms with Gasteiger partial charge in [-0.1, -0.05) is 0 Å². The number of sulfonamides is 1. The Bertz CT molecular complexity index is 1130. The van der Waals surface area contributed by atoms with Crippen LogP contribution in [0, 0.1) is 5.82 Å². The van der Waals surface area contributed by atoms with Gasteiger partial charge >= 0.3 is 0 Å². The molecule has 0 unspecified atom stereocenters. The van der Waals surface area contributed by atoms with Gasteiger partial charge in [-0.05, 0) is 67.6 Å². The monoisotopic (exact) mass is 431 g/mol. The molecule has 10 heteroatoms. The second-order valence-corrected chi connectivity index (χ2v) is 7.98. The predicted molar refractivity (Wildman–Crippen MR) is 108 cm³/mol. The fourth-order valence-electron chi connectivity index (χ4n) is 2.44. The highest BCUT2D eigenvalue weighted by Crippen LogP contribution is 2.19. The van der Waals surface area contributed by atoms with Gasteiger partial charge in [0, 0.05) is 11.4 Å². The minimum absolute atomic E-state index is 0.0811. The van der Waals surface area contributed by atoms with Crippen molar-refractivity contribution in [1.29, 1.82) is 0 Å². The van der Waals surface area contributed by atoms with Crippen molar-refractivity contribution in [2.75, 3.05) is 10.0 Å². The summed E-state index contributed by atoms with van der Waals surface area (Å²) in [5.74, 6) is -1.43. The van der Waals surface area contributed by atoms with Crippen LogP contribution < -0.4 is 15.4 Å². The fourth-order valence-corrected chi connectivity index (χ4v) is 3.50. The zero-order chi connectivity index (χ0) is 21.7. The van der Waals surface area contributed by atoms with Gasteiger partial charge in [0.25, 0.3) is 15.9 Å². The maximum Gasteiger partial charge on any atom is 0.287 e. The summed E-state index contributed by atoms with van der Waals surface area (Å²) >= 11 is 0. The minimum atomic E-state index is -3.87. The highest BCUT2D eigenvalue weighted by Gasteiger charge is 2.18. The molecular weight excluding hydrogens is 413 g/mol. The molecule has 0 saturated heterocycles. The molecule has 0 fully saturated rings. The van der Waals surface area contributed by atoms with Crippen molar-refractivity contribution in [3.05, 3.63) is 78.5 Å². The van der Waals surface area contributed by atoms with Crippen LogP contribution in [0.3, 0.4) is 0 Å². The van der Waals surface area contributed by atoms with E-state index in [-0.39, 0.29) is 16.3 Å². The van der Waals surface area contributed by atoms with E-state index < -0.39 is 33.7 Å². The second-order valence-electron chi connectivity index (χ2n) is 6.30. The molecule has 0 radical (unpaired) electrons. The Balaban J connectivity index is 1.59. The Morgan fingerprint density at radius 3 is 2.20 bits per heavy atom. The van der Waals surface area contributed by atoms with E-state index >= 15 is 0 Å². The predicted octanol–water partition coefficient (Wildman–Crippen LogP) is 2.98. The summed E-state index contributed by atoms with van der Waals surface area (Å²) in [6.07, 6.45) is 1.35. The van der Waals surface area contributed by atoms with E-state index in [0.717, 1.165) is 24.3 Å². The molecule has 156 valence electrons. The first kappa shape index (κ1) is 21.1. The van der Waals surface area contributed by atoms with Crippen molar-refractivity contribution in [3.8, 4) is 0 Å². The molecule has 1 heterocycles. The van der Waals surface area contributed by atoms with Crippen molar-refractivity contribution in [2.45, 2.75) is 17.9 Å². The third-order valence-corrected chi connectivity index (χ3v) is 5.41. The van der Waals surface area contributed by atoms with Crippen LogP contribution in [0.5, 0.6) is 0 Å². The van der Waals surface area contributed by atoms with E-state index in [1.165, 1.54) is 43.5 Å². The summed E-state index contributed by atoms with van der Waals surface area (Å²) in [6.45, 7) is 1.52. The molecule has 3 rings (SSSR count). The molecule has 0 spiro atoms. The number of hydrogen-bond donors (Lipinski definition) is 3. The van der Waals surface area contributed by atoms with Crippen molar-refractivity contribution in [1.82, 2.24) is 5.32 Å². The van der Waals surface area contributed by atoms with Crippen molar-refractivity contribution >= 4 is 33.2 Å². The van der Waals surface area contributed by atoms with Gasteiger partial charge in [-0.3, -0.25) is 14.3 Å². The third kappa shape index (κ3) is 5.23. The maximum atomic E-state index is 13.0. The zero-order valence-corrected chi connectivity index (χ0v) is 16.6. The van der Waals surface area contributed by atoms with Crippen LogP contribution in [-0.4, -0.2) is 26.3 Å². The molecule has 0 aliphatic carbocycles. The number of amides is 2. The number of carbonyl (C=O) groups is 2. The fraction of sp³-hybridized carbons (Fsp3) is 0.100. The Kier molecular flexibility index (Phi) is 6.17. The molecule has 3 N–H and O–H groups in total. The molecule has 3 aromatic rings. The van der Waals surface area contributed by atoms with Crippen LogP contribution in [0.4, 0.5) is 15.8 Å². The first-order valence-electron chi connectivity index (χ1n) is 8.78. The number of rotatable bonds is 7. The Morgan fingerprint density at radius 1 is 0.967 bits per heavy atom. The standard InChI is InChI=1S/C20H18FN3O5S/c1-13(22-20(26)18-3-2-12-29-18)19(25)23-15-6-8-16(9-7-15)24-30(27,28)17-10-4-14(21)5-11-17/h2-13,24H,1H3,(H,22,26)(H,23,25)/t13-/m0/s1. The number of anilines is 2. The zero-order valence-electron chi connectivity index (χ0n) is 15.8. The van der Waals surface area contributed by atoms with Crippen molar-refractivity contribution in [3.63, 3.8) is 0 Å². The van der Waals surface area contributed by atoms with Gasteiger partial charge in [0.05, 0.1) is 11.2 Å². The van der Waals surface area contributed by atoms with E-state index in [2.05, 4.69) is 15.4 Å². The largest absolute Gasteiger partial charge is 0.459 e. The third-order valence-electron chi connectivity index (χ3n) is 4.01. The van der Waals surface area contributed by atoms with E-state index in [1.807, 2.05) is 0 Å². The molecule has 1 aromatic heterocycles. The smallest absolute Gasteiger partial charge is 0.287 e. The normalized spacial score (nSPS) is 12.1. The number of carbonyl (C=O) groups excluding carboxylic acids is 2.